The molecule has 0 aliphatic carbocycles. The van der Waals surface area contributed by atoms with Crippen LogP contribution in [0.25, 0.3) is 0 Å². The largest absolute Gasteiger partial charge is 0.497 e. The summed E-state index contributed by atoms with van der Waals surface area (Å²) in [5.41, 5.74) is 1.69. The second-order valence-corrected chi connectivity index (χ2v) is 4.38. The fourth-order valence-electron chi connectivity index (χ4n) is 2.03. The van der Waals surface area contributed by atoms with Gasteiger partial charge in [0.25, 0.3) is 0 Å². The molecule has 2 aromatic rings. The van der Waals surface area contributed by atoms with Crippen molar-refractivity contribution in [2.45, 2.75) is 6.54 Å². The molecule has 0 saturated heterocycles. The second-order valence-electron chi connectivity index (χ2n) is 4.38. The van der Waals surface area contributed by atoms with Crippen molar-refractivity contribution in [2.24, 2.45) is 0 Å². The van der Waals surface area contributed by atoms with Crippen molar-refractivity contribution < 1.29 is 19.4 Å². The Morgan fingerprint density at radius 2 is 1.90 bits per heavy atom. The molecule has 2 aromatic carbocycles. The molecule has 0 amide bonds. The maximum atomic E-state index is 11.2. The van der Waals surface area contributed by atoms with Crippen molar-refractivity contribution >= 4 is 11.7 Å². The average Bonchev–Trinajstić information content (AvgIpc) is 2.52. The molecular formula is C16H17NO4. The van der Waals surface area contributed by atoms with Crippen molar-refractivity contribution in [2.75, 3.05) is 19.5 Å². The minimum absolute atomic E-state index is 0.236. The molecule has 0 heterocycles. The summed E-state index contributed by atoms with van der Waals surface area (Å²) in [6, 6.07) is 12.3. The molecule has 2 rings (SSSR count). The Hall–Kier alpha value is -2.69. The topological polar surface area (TPSA) is 67.8 Å². The van der Waals surface area contributed by atoms with E-state index in [0.29, 0.717) is 12.2 Å². The molecule has 0 unspecified atom stereocenters. The van der Waals surface area contributed by atoms with E-state index in [9.17, 15) is 4.79 Å². The number of hydrogen-bond acceptors (Lipinski definition) is 4. The Morgan fingerprint density at radius 1 is 1.14 bits per heavy atom. The Kier molecular flexibility index (Phi) is 4.66. The molecule has 5 nitrogen and oxygen atoms in total. The van der Waals surface area contributed by atoms with E-state index in [1.807, 2.05) is 18.2 Å². The molecule has 0 spiro atoms. The summed E-state index contributed by atoms with van der Waals surface area (Å²) in [6.07, 6.45) is 0. The van der Waals surface area contributed by atoms with Crippen LogP contribution in [0.1, 0.15) is 15.9 Å². The minimum Gasteiger partial charge on any atom is -0.497 e. The molecule has 0 fully saturated rings. The summed E-state index contributed by atoms with van der Waals surface area (Å²) >= 11 is 0. The van der Waals surface area contributed by atoms with E-state index in [0.717, 1.165) is 17.1 Å². The van der Waals surface area contributed by atoms with Gasteiger partial charge in [-0.05, 0) is 30.3 Å². The van der Waals surface area contributed by atoms with E-state index >= 15 is 0 Å². The van der Waals surface area contributed by atoms with Gasteiger partial charge in [0.15, 0.2) is 0 Å². The van der Waals surface area contributed by atoms with Gasteiger partial charge >= 0.3 is 5.97 Å². The molecule has 5 heteroatoms. The van der Waals surface area contributed by atoms with Crippen LogP contribution in [0.2, 0.25) is 0 Å². The average molecular weight is 287 g/mol. The van der Waals surface area contributed by atoms with Crippen LogP contribution in [-0.2, 0) is 6.54 Å². The minimum atomic E-state index is -0.962. The first-order valence-electron chi connectivity index (χ1n) is 6.42. The standard InChI is InChI=1S/C16H17NO4/c1-20-12-7-8-15(21-2)11(9-12)10-17-14-6-4-3-5-13(14)16(18)19/h3-9,17H,10H2,1-2H3,(H,18,19). The number of rotatable bonds is 6. The van der Waals surface area contributed by atoms with E-state index < -0.39 is 5.97 Å². The molecule has 0 bridgehead atoms. The van der Waals surface area contributed by atoms with Crippen LogP contribution in [0.5, 0.6) is 11.5 Å². The number of carbonyl (C=O) groups is 1. The van der Waals surface area contributed by atoms with Gasteiger partial charge in [-0.3, -0.25) is 0 Å². The van der Waals surface area contributed by atoms with Crippen LogP contribution in [0.4, 0.5) is 5.69 Å². The van der Waals surface area contributed by atoms with E-state index in [2.05, 4.69) is 5.32 Å². The van der Waals surface area contributed by atoms with Crippen molar-refractivity contribution in [1.82, 2.24) is 0 Å². The van der Waals surface area contributed by atoms with Gasteiger partial charge in [0.2, 0.25) is 0 Å². The number of benzene rings is 2. The van der Waals surface area contributed by atoms with Gasteiger partial charge in [0.05, 0.1) is 19.8 Å². The lowest BCUT2D eigenvalue weighted by Crippen LogP contribution is -2.07. The molecular weight excluding hydrogens is 270 g/mol. The third-order valence-electron chi connectivity index (χ3n) is 3.11. The Labute approximate surface area is 123 Å². The summed E-state index contributed by atoms with van der Waals surface area (Å²) in [4.78, 5) is 11.2. The molecule has 0 aliphatic rings. The molecule has 2 N–H and O–H groups in total. The summed E-state index contributed by atoms with van der Waals surface area (Å²) in [7, 11) is 3.19. The van der Waals surface area contributed by atoms with Gasteiger partial charge in [-0.1, -0.05) is 12.1 Å². The number of carboxylic acids is 1. The lowest BCUT2D eigenvalue weighted by molar-refractivity contribution is 0.0698. The van der Waals surface area contributed by atoms with Crippen LogP contribution < -0.4 is 14.8 Å². The normalized spacial score (nSPS) is 10.0. The van der Waals surface area contributed by atoms with Crippen molar-refractivity contribution in [3.63, 3.8) is 0 Å². The van der Waals surface area contributed by atoms with Gasteiger partial charge in [-0.2, -0.15) is 0 Å². The number of para-hydroxylation sites is 1. The Morgan fingerprint density at radius 3 is 2.57 bits per heavy atom. The molecule has 21 heavy (non-hydrogen) atoms. The fourth-order valence-corrected chi connectivity index (χ4v) is 2.03. The molecule has 0 radical (unpaired) electrons. The Bertz CT molecular complexity index is 640. The SMILES string of the molecule is COc1ccc(OC)c(CNc2ccccc2C(=O)O)c1. The summed E-state index contributed by atoms with van der Waals surface area (Å²) < 4.78 is 10.5. The maximum Gasteiger partial charge on any atom is 0.337 e. The third kappa shape index (κ3) is 3.45. The van der Waals surface area contributed by atoms with Crippen LogP contribution in [0.15, 0.2) is 42.5 Å². The second kappa shape index (κ2) is 6.65. The predicted octanol–water partition coefficient (Wildman–Crippen LogP) is 3.01. The number of ether oxygens (including phenoxy) is 2. The molecule has 0 aromatic heterocycles. The summed E-state index contributed by atoms with van der Waals surface area (Å²) in [5, 5.41) is 12.3. The first-order valence-corrected chi connectivity index (χ1v) is 6.42. The number of carboxylic acid groups (broad SMARTS) is 1. The summed E-state index contributed by atoms with van der Waals surface area (Å²) in [5.74, 6) is 0.478. The summed E-state index contributed by atoms with van der Waals surface area (Å²) in [6.45, 7) is 0.435. The van der Waals surface area contributed by atoms with Crippen LogP contribution in [-0.4, -0.2) is 25.3 Å². The number of nitrogens with one attached hydrogen (secondary N) is 1. The highest BCUT2D eigenvalue weighted by atomic mass is 16.5. The van der Waals surface area contributed by atoms with Crippen LogP contribution in [0.3, 0.4) is 0 Å². The van der Waals surface area contributed by atoms with Crippen molar-refractivity contribution in [3.8, 4) is 11.5 Å². The van der Waals surface area contributed by atoms with Crippen LogP contribution >= 0.6 is 0 Å². The van der Waals surface area contributed by atoms with Gasteiger partial charge in [-0.25, -0.2) is 4.79 Å². The highest BCUT2D eigenvalue weighted by Gasteiger charge is 2.10. The quantitative estimate of drug-likeness (QED) is 0.854. The molecule has 110 valence electrons. The van der Waals surface area contributed by atoms with Gasteiger partial charge < -0.3 is 19.9 Å². The number of anilines is 1. The zero-order chi connectivity index (χ0) is 15.2. The van der Waals surface area contributed by atoms with Crippen molar-refractivity contribution in [3.05, 3.63) is 53.6 Å². The maximum absolute atomic E-state index is 11.2. The zero-order valence-corrected chi connectivity index (χ0v) is 11.9. The first-order chi connectivity index (χ1) is 10.2. The molecule has 0 aliphatic heterocycles. The Balaban J connectivity index is 2.22. The predicted molar refractivity (Wildman–Crippen MR) is 80.3 cm³/mol. The van der Waals surface area contributed by atoms with E-state index in [1.54, 1.807) is 38.5 Å². The lowest BCUT2D eigenvalue weighted by atomic mass is 10.1. The third-order valence-corrected chi connectivity index (χ3v) is 3.11. The number of hydrogen-bond donors (Lipinski definition) is 2. The molecule has 0 saturated carbocycles. The highest BCUT2D eigenvalue weighted by Crippen LogP contribution is 2.25. The molecule has 0 atom stereocenters. The van der Waals surface area contributed by atoms with Gasteiger partial charge in [0.1, 0.15) is 11.5 Å². The number of aromatic carboxylic acids is 1. The van der Waals surface area contributed by atoms with Gasteiger partial charge in [-0.15, -0.1) is 0 Å². The van der Waals surface area contributed by atoms with E-state index in [1.165, 1.54) is 0 Å². The fraction of sp³-hybridized carbons (Fsp3) is 0.188. The zero-order valence-electron chi connectivity index (χ0n) is 11.9. The van der Waals surface area contributed by atoms with Crippen LogP contribution in [0, 0.1) is 0 Å². The smallest absolute Gasteiger partial charge is 0.337 e. The van der Waals surface area contributed by atoms with E-state index in [-0.39, 0.29) is 5.56 Å². The monoisotopic (exact) mass is 287 g/mol. The highest BCUT2D eigenvalue weighted by molar-refractivity contribution is 5.94. The number of methoxy groups -OCH3 is 2. The first kappa shape index (κ1) is 14.7. The van der Waals surface area contributed by atoms with E-state index in [4.69, 9.17) is 14.6 Å². The lowest BCUT2D eigenvalue weighted by Gasteiger charge is -2.13. The van der Waals surface area contributed by atoms with Gasteiger partial charge in [0, 0.05) is 17.8 Å². The van der Waals surface area contributed by atoms with Crippen molar-refractivity contribution in [1.29, 1.82) is 0 Å².